The lowest BCUT2D eigenvalue weighted by Crippen LogP contribution is -2.54. The Hall–Kier alpha value is -0.610. The van der Waals surface area contributed by atoms with E-state index in [9.17, 15) is 4.79 Å². The molecule has 2 aliphatic rings. The van der Waals surface area contributed by atoms with Gasteiger partial charge in [0.25, 0.3) is 0 Å². The molecule has 1 N–H and O–H groups in total. The first-order chi connectivity index (χ1) is 9.50. The van der Waals surface area contributed by atoms with Crippen molar-refractivity contribution in [1.82, 2.24) is 10.2 Å². The standard InChI is InChI=1S/C16H30N2O2/c1-5-18(11-13-6-7-13)14-8-9-16(10-14,15(19)20-4)17-12(2)3/h12-14,17H,5-11H2,1-4H3. The van der Waals surface area contributed by atoms with Crippen LogP contribution in [-0.2, 0) is 9.53 Å². The average Bonchev–Trinajstić information content (AvgIpc) is 3.14. The highest BCUT2D eigenvalue weighted by Gasteiger charge is 2.48. The van der Waals surface area contributed by atoms with E-state index in [2.05, 4.69) is 31.0 Å². The van der Waals surface area contributed by atoms with Crippen LogP contribution in [0.25, 0.3) is 0 Å². The molecule has 0 heterocycles. The Balaban J connectivity index is 2.02. The lowest BCUT2D eigenvalue weighted by atomic mass is 9.96. The molecule has 2 saturated carbocycles. The Kier molecular flexibility index (Phi) is 5.08. The third-order valence-corrected chi connectivity index (χ3v) is 4.74. The predicted molar refractivity (Wildman–Crippen MR) is 80.6 cm³/mol. The number of rotatable bonds is 7. The first kappa shape index (κ1) is 15.8. The van der Waals surface area contributed by atoms with Crippen molar-refractivity contribution in [1.29, 1.82) is 0 Å². The number of hydrogen-bond acceptors (Lipinski definition) is 4. The fourth-order valence-corrected chi connectivity index (χ4v) is 3.62. The quantitative estimate of drug-likeness (QED) is 0.727. The fraction of sp³-hybridized carbons (Fsp3) is 0.938. The number of ether oxygens (including phenoxy) is 1. The normalized spacial score (nSPS) is 30.2. The minimum absolute atomic E-state index is 0.0869. The minimum atomic E-state index is -0.468. The van der Waals surface area contributed by atoms with Crippen molar-refractivity contribution in [2.24, 2.45) is 5.92 Å². The third kappa shape index (κ3) is 3.53. The van der Waals surface area contributed by atoms with Crippen LogP contribution in [0.2, 0.25) is 0 Å². The monoisotopic (exact) mass is 282 g/mol. The summed E-state index contributed by atoms with van der Waals surface area (Å²) in [4.78, 5) is 14.8. The van der Waals surface area contributed by atoms with Crippen LogP contribution in [0, 0.1) is 5.92 Å². The van der Waals surface area contributed by atoms with Gasteiger partial charge in [-0.05, 0) is 58.4 Å². The summed E-state index contributed by atoms with van der Waals surface area (Å²) < 4.78 is 5.07. The molecule has 116 valence electrons. The van der Waals surface area contributed by atoms with Crippen LogP contribution in [0.3, 0.4) is 0 Å². The zero-order valence-corrected chi connectivity index (χ0v) is 13.4. The average molecular weight is 282 g/mol. The molecular formula is C16H30N2O2. The Bertz CT molecular complexity index is 341. The number of methoxy groups -OCH3 is 1. The van der Waals surface area contributed by atoms with Crippen molar-refractivity contribution in [2.75, 3.05) is 20.2 Å². The van der Waals surface area contributed by atoms with Gasteiger partial charge in [0.05, 0.1) is 7.11 Å². The maximum atomic E-state index is 12.3. The van der Waals surface area contributed by atoms with Crippen LogP contribution >= 0.6 is 0 Å². The molecule has 0 aliphatic heterocycles. The molecule has 2 rings (SSSR count). The van der Waals surface area contributed by atoms with E-state index in [4.69, 9.17) is 4.74 Å². The van der Waals surface area contributed by atoms with Gasteiger partial charge in [-0.3, -0.25) is 10.1 Å². The molecule has 0 saturated heterocycles. The maximum absolute atomic E-state index is 12.3. The second-order valence-electron chi connectivity index (χ2n) is 6.80. The number of nitrogens with one attached hydrogen (secondary N) is 1. The first-order valence-electron chi connectivity index (χ1n) is 8.11. The lowest BCUT2D eigenvalue weighted by molar-refractivity contribution is -0.149. The van der Waals surface area contributed by atoms with Crippen molar-refractivity contribution >= 4 is 5.97 Å². The summed E-state index contributed by atoms with van der Waals surface area (Å²) in [6, 6.07) is 0.817. The lowest BCUT2D eigenvalue weighted by Gasteiger charge is -2.32. The summed E-state index contributed by atoms with van der Waals surface area (Å²) >= 11 is 0. The molecule has 0 amide bonds. The highest BCUT2D eigenvalue weighted by atomic mass is 16.5. The van der Waals surface area contributed by atoms with E-state index in [1.165, 1.54) is 26.5 Å². The molecule has 0 aromatic rings. The second kappa shape index (κ2) is 6.44. The molecule has 2 unspecified atom stereocenters. The van der Waals surface area contributed by atoms with Crippen molar-refractivity contribution in [3.63, 3.8) is 0 Å². The number of carbonyl (C=O) groups excluding carboxylic acids is 1. The predicted octanol–water partition coefficient (Wildman–Crippen LogP) is 2.18. The van der Waals surface area contributed by atoms with Gasteiger partial charge in [0.2, 0.25) is 0 Å². The highest BCUT2D eigenvalue weighted by Crippen LogP contribution is 2.37. The smallest absolute Gasteiger partial charge is 0.326 e. The van der Waals surface area contributed by atoms with Crippen LogP contribution in [0.4, 0.5) is 0 Å². The van der Waals surface area contributed by atoms with Gasteiger partial charge in [0.15, 0.2) is 0 Å². The van der Waals surface area contributed by atoms with Gasteiger partial charge in [-0.25, -0.2) is 0 Å². The zero-order chi connectivity index (χ0) is 14.8. The van der Waals surface area contributed by atoms with E-state index >= 15 is 0 Å². The molecule has 0 aromatic carbocycles. The largest absolute Gasteiger partial charge is 0.468 e. The summed E-state index contributed by atoms with van der Waals surface area (Å²) in [5, 5.41) is 3.48. The van der Waals surface area contributed by atoms with Crippen molar-refractivity contribution in [2.45, 2.75) is 70.5 Å². The minimum Gasteiger partial charge on any atom is -0.468 e. The molecule has 2 aliphatic carbocycles. The van der Waals surface area contributed by atoms with E-state index in [-0.39, 0.29) is 5.97 Å². The van der Waals surface area contributed by atoms with E-state index in [1.54, 1.807) is 0 Å². The van der Waals surface area contributed by atoms with E-state index < -0.39 is 5.54 Å². The second-order valence-corrected chi connectivity index (χ2v) is 6.80. The number of hydrogen-bond donors (Lipinski definition) is 1. The van der Waals surface area contributed by atoms with Gasteiger partial charge >= 0.3 is 5.97 Å². The highest BCUT2D eigenvalue weighted by molar-refractivity contribution is 5.81. The third-order valence-electron chi connectivity index (χ3n) is 4.74. The first-order valence-corrected chi connectivity index (χ1v) is 8.11. The molecule has 2 atom stereocenters. The van der Waals surface area contributed by atoms with Gasteiger partial charge in [-0.2, -0.15) is 0 Å². The van der Waals surface area contributed by atoms with Gasteiger partial charge < -0.3 is 9.64 Å². The van der Waals surface area contributed by atoms with Crippen LogP contribution in [0.5, 0.6) is 0 Å². The van der Waals surface area contributed by atoms with Crippen LogP contribution in [-0.4, -0.2) is 48.7 Å². The van der Waals surface area contributed by atoms with Crippen molar-refractivity contribution in [3.05, 3.63) is 0 Å². The number of esters is 1. The Morgan fingerprint density at radius 3 is 2.60 bits per heavy atom. The molecule has 4 heteroatoms. The van der Waals surface area contributed by atoms with Gasteiger partial charge in [-0.15, -0.1) is 0 Å². The van der Waals surface area contributed by atoms with Crippen molar-refractivity contribution in [3.8, 4) is 0 Å². The molecule has 0 bridgehead atoms. The zero-order valence-electron chi connectivity index (χ0n) is 13.4. The number of carbonyl (C=O) groups is 1. The Morgan fingerprint density at radius 1 is 1.40 bits per heavy atom. The van der Waals surface area contributed by atoms with Crippen molar-refractivity contribution < 1.29 is 9.53 Å². The van der Waals surface area contributed by atoms with Gasteiger partial charge in [-0.1, -0.05) is 6.92 Å². The SMILES string of the molecule is CCN(CC1CC1)C1CCC(NC(C)C)(C(=O)OC)C1. The molecule has 20 heavy (non-hydrogen) atoms. The van der Waals surface area contributed by atoms with Crippen LogP contribution in [0.15, 0.2) is 0 Å². The molecule has 0 radical (unpaired) electrons. The molecule has 0 spiro atoms. The Labute approximate surface area is 123 Å². The fourth-order valence-electron chi connectivity index (χ4n) is 3.62. The van der Waals surface area contributed by atoms with Crippen LogP contribution in [0.1, 0.15) is 52.9 Å². The maximum Gasteiger partial charge on any atom is 0.326 e. The summed E-state index contributed by atoms with van der Waals surface area (Å²) in [6.07, 6.45) is 5.64. The topological polar surface area (TPSA) is 41.6 Å². The molecular weight excluding hydrogens is 252 g/mol. The van der Waals surface area contributed by atoms with Gasteiger partial charge in [0.1, 0.15) is 5.54 Å². The summed E-state index contributed by atoms with van der Waals surface area (Å²) in [5.74, 6) is 0.817. The number of nitrogens with zero attached hydrogens (tertiary/aromatic N) is 1. The van der Waals surface area contributed by atoms with E-state index in [0.717, 1.165) is 31.7 Å². The van der Waals surface area contributed by atoms with E-state index in [1.807, 2.05) is 0 Å². The molecule has 4 nitrogen and oxygen atoms in total. The summed E-state index contributed by atoms with van der Waals surface area (Å²) in [5.41, 5.74) is -0.468. The van der Waals surface area contributed by atoms with Gasteiger partial charge in [0, 0.05) is 18.6 Å². The summed E-state index contributed by atoms with van der Waals surface area (Å²) in [7, 11) is 1.50. The van der Waals surface area contributed by atoms with E-state index in [0.29, 0.717) is 12.1 Å². The molecule has 2 fully saturated rings. The molecule has 0 aromatic heterocycles. The Morgan fingerprint density at radius 2 is 2.10 bits per heavy atom. The van der Waals surface area contributed by atoms with Crippen LogP contribution < -0.4 is 5.32 Å². The summed E-state index contributed by atoms with van der Waals surface area (Å²) in [6.45, 7) is 8.72.